The molecule has 0 aromatic carbocycles. The summed E-state index contributed by atoms with van der Waals surface area (Å²) in [5.74, 6) is 0.398. The minimum atomic E-state index is 0.398. The Morgan fingerprint density at radius 2 is 2.00 bits per heavy atom. The Balaban J connectivity index is 2.52. The molecule has 64 valence electrons. The Hall–Kier alpha value is -2.04. The SMILES string of the molecule is O=Cc1ccnn1-c1ncccn1. The Kier molecular flexibility index (Phi) is 1.84. The first-order valence-corrected chi connectivity index (χ1v) is 3.68. The van der Waals surface area contributed by atoms with Gasteiger partial charge in [0.25, 0.3) is 5.95 Å². The molecule has 13 heavy (non-hydrogen) atoms. The number of rotatable bonds is 2. The molecule has 0 N–H and O–H groups in total. The third-order valence-corrected chi connectivity index (χ3v) is 1.53. The van der Waals surface area contributed by atoms with E-state index in [0.717, 1.165) is 0 Å². The lowest BCUT2D eigenvalue weighted by Gasteiger charge is -1.98. The first-order chi connectivity index (χ1) is 6.42. The molecule has 2 aromatic rings. The summed E-state index contributed by atoms with van der Waals surface area (Å²) >= 11 is 0. The van der Waals surface area contributed by atoms with Crippen molar-refractivity contribution in [2.75, 3.05) is 0 Å². The molecule has 5 heteroatoms. The van der Waals surface area contributed by atoms with Crippen LogP contribution in [0.4, 0.5) is 0 Å². The lowest BCUT2D eigenvalue weighted by Crippen LogP contribution is -2.05. The third kappa shape index (κ3) is 1.31. The zero-order chi connectivity index (χ0) is 9.10. The fourth-order valence-electron chi connectivity index (χ4n) is 0.971. The summed E-state index contributed by atoms with van der Waals surface area (Å²) in [6.45, 7) is 0. The van der Waals surface area contributed by atoms with E-state index in [1.807, 2.05) is 0 Å². The standard InChI is InChI=1S/C8H6N4O/c13-6-7-2-5-11-12(7)8-9-3-1-4-10-8/h1-6H. The average molecular weight is 174 g/mol. The van der Waals surface area contributed by atoms with Crippen molar-refractivity contribution in [2.24, 2.45) is 0 Å². The molecule has 0 spiro atoms. The number of nitrogens with zero attached hydrogens (tertiary/aromatic N) is 4. The van der Waals surface area contributed by atoms with Crippen LogP contribution in [0.3, 0.4) is 0 Å². The Bertz CT molecular complexity index is 409. The second kappa shape index (κ2) is 3.14. The van der Waals surface area contributed by atoms with E-state index in [2.05, 4.69) is 15.1 Å². The van der Waals surface area contributed by atoms with Crippen molar-refractivity contribution in [3.05, 3.63) is 36.4 Å². The van der Waals surface area contributed by atoms with Crippen LogP contribution in [0.15, 0.2) is 30.7 Å². The fraction of sp³-hybridized carbons (Fsp3) is 0. The van der Waals surface area contributed by atoms with Crippen molar-refractivity contribution in [2.45, 2.75) is 0 Å². The molecule has 0 radical (unpaired) electrons. The van der Waals surface area contributed by atoms with Gasteiger partial charge in [0.05, 0.1) is 6.20 Å². The average Bonchev–Trinajstić information content (AvgIpc) is 2.67. The van der Waals surface area contributed by atoms with Gasteiger partial charge in [-0.2, -0.15) is 9.78 Å². The Morgan fingerprint density at radius 3 is 2.69 bits per heavy atom. The van der Waals surface area contributed by atoms with Gasteiger partial charge in [-0.1, -0.05) is 0 Å². The van der Waals surface area contributed by atoms with Gasteiger partial charge in [-0.25, -0.2) is 9.97 Å². The summed E-state index contributed by atoms with van der Waals surface area (Å²) in [6, 6.07) is 3.30. The molecule has 0 aliphatic carbocycles. The molecular weight excluding hydrogens is 168 g/mol. The van der Waals surface area contributed by atoms with Gasteiger partial charge in [-0.15, -0.1) is 0 Å². The van der Waals surface area contributed by atoms with E-state index in [0.29, 0.717) is 17.9 Å². The first-order valence-electron chi connectivity index (χ1n) is 3.68. The normalized spacial score (nSPS) is 9.85. The second-order valence-electron chi connectivity index (χ2n) is 2.33. The van der Waals surface area contributed by atoms with E-state index in [-0.39, 0.29) is 0 Å². The maximum absolute atomic E-state index is 10.5. The van der Waals surface area contributed by atoms with Crippen LogP contribution in [0.5, 0.6) is 0 Å². The lowest BCUT2D eigenvalue weighted by atomic mass is 10.5. The minimum absolute atomic E-state index is 0.398. The predicted molar refractivity (Wildman–Crippen MR) is 44.5 cm³/mol. The van der Waals surface area contributed by atoms with Crippen LogP contribution in [0.25, 0.3) is 5.95 Å². The highest BCUT2D eigenvalue weighted by Crippen LogP contribution is 2.01. The largest absolute Gasteiger partial charge is 0.296 e. The van der Waals surface area contributed by atoms with Gasteiger partial charge in [0.2, 0.25) is 0 Å². The van der Waals surface area contributed by atoms with Crippen LogP contribution in [0, 0.1) is 0 Å². The number of carbonyl (C=O) groups excluding carboxylic acids is 1. The van der Waals surface area contributed by atoms with Gasteiger partial charge in [-0.05, 0) is 12.1 Å². The van der Waals surface area contributed by atoms with Gasteiger partial charge in [-0.3, -0.25) is 4.79 Å². The van der Waals surface area contributed by atoms with E-state index in [1.54, 1.807) is 24.5 Å². The van der Waals surface area contributed by atoms with Crippen LogP contribution < -0.4 is 0 Å². The molecule has 0 aliphatic rings. The summed E-state index contributed by atoms with van der Waals surface area (Å²) in [4.78, 5) is 18.5. The van der Waals surface area contributed by atoms with Gasteiger partial charge >= 0.3 is 0 Å². The monoisotopic (exact) mass is 174 g/mol. The van der Waals surface area contributed by atoms with Gasteiger partial charge in [0.1, 0.15) is 5.69 Å². The fourth-order valence-corrected chi connectivity index (χ4v) is 0.971. The molecular formula is C8H6N4O. The summed E-state index contributed by atoms with van der Waals surface area (Å²) in [5.41, 5.74) is 0.436. The number of carbonyl (C=O) groups is 1. The smallest absolute Gasteiger partial charge is 0.251 e. The zero-order valence-electron chi connectivity index (χ0n) is 6.66. The van der Waals surface area contributed by atoms with Crippen molar-refractivity contribution >= 4 is 6.29 Å². The number of hydrogen-bond donors (Lipinski definition) is 0. The van der Waals surface area contributed by atoms with E-state index < -0.39 is 0 Å². The summed E-state index contributed by atoms with van der Waals surface area (Å²) in [7, 11) is 0. The second-order valence-corrected chi connectivity index (χ2v) is 2.33. The molecule has 0 saturated carbocycles. The number of aromatic nitrogens is 4. The molecule has 0 saturated heterocycles. The van der Waals surface area contributed by atoms with Crippen molar-refractivity contribution in [3.63, 3.8) is 0 Å². The van der Waals surface area contributed by atoms with Crippen LogP contribution >= 0.6 is 0 Å². The highest BCUT2D eigenvalue weighted by Gasteiger charge is 2.04. The highest BCUT2D eigenvalue weighted by atomic mass is 16.1. The summed E-state index contributed by atoms with van der Waals surface area (Å²) in [6.07, 6.45) is 5.43. The molecule has 0 unspecified atom stereocenters. The van der Waals surface area contributed by atoms with Crippen LogP contribution in [0.2, 0.25) is 0 Å². The van der Waals surface area contributed by atoms with Crippen LogP contribution in [0.1, 0.15) is 10.5 Å². The van der Waals surface area contributed by atoms with Crippen molar-refractivity contribution in [1.29, 1.82) is 0 Å². The summed E-state index contributed by atoms with van der Waals surface area (Å²) < 4.78 is 1.38. The molecule has 0 amide bonds. The van der Waals surface area contributed by atoms with Crippen molar-refractivity contribution in [3.8, 4) is 5.95 Å². The molecule has 0 fully saturated rings. The van der Waals surface area contributed by atoms with E-state index >= 15 is 0 Å². The number of hydrogen-bond acceptors (Lipinski definition) is 4. The molecule has 2 rings (SSSR count). The quantitative estimate of drug-likeness (QED) is 0.621. The maximum Gasteiger partial charge on any atom is 0.251 e. The maximum atomic E-state index is 10.5. The highest BCUT2D eigenvalue weighted by molar-refractivity contribution is 5.72. The van der Waals surface area contributed by atoms with E-state index in [4.69, 9.17) is 0 Å². The summed E-state index contributed by atoms with van der Waals surface area (Å²) in [5, 5.41) is 3.92. The van der Waals surface area contributed by atoms with E-state index in [1.165, 1.54) is 10.9 Å². The third-order valence-electron chi connectivity index (χ3n) is 1.53. The van der Waals surface area contributed by atoms with Gasteiger partial charge in [0.15, 0.2) is 6.29 Å². The van der Waals surface area contributed by atoms with Crippen molar-refractivity contribution < 1.29 is 4.79 Å². The van der Waals surface area contributed by atoms with Crippen molar-refractivity contribution in [1.82, 2.24) is 19.7 Å². The topological polar surface area (TPSA) is 60.7 Å². The molecule has 0 atom stereocenters. The first kappa shape index (κ1) is 7.60. The van der Waals surface area contributed by atoms with E-state index in [9.17, 15) is 4.79 Å². The van der Waals surface area contributed by atoms with Crippen LogP contribution in [-0.2, 0) is 0 Å². The Labute approximate surface area is 74.1 Å². The minimum Gasteiger partial charge on any atom is -0.296 e. The molecule has 5 nitrogen and oxygen atoms in total. The Morgan fingerprint density at radius 1 is 1.23 bits per heavy atom. The van der Waals surface area contributed by atoms with Crippen LogP contribution in [-0.4, -0.2) is 26.0 Å². The van der Waals surface area contributed by atoms with Gasteiger partial charge in [0, 0.05) is 12.4 Å². The zero-order valence-corrected chi connectivity index (χ0v) is 6.66. The van der Waals surface area contributed by atoms with Gasteiger partial charge < -0.3 is 0 Å². The molecule has 2 aromatic heterocycles. The number of aldehydes is 1. The predicted octanol–water partition coefficient (Wildman–Crippen LogP) is 0.475. The molecule has 2 heterocycles. The molecule has 0 bridgehead atoms. The lowest BCUT2D eigenvalue weighted by molar-refractivity contribution is 0.111. The molecule has 0 aliphatic heterocycles.